The van der Waals surface area contributed by atoms with Crippen molar-refractivity contribution in [1.82, 2.24) is 4.90 Å². The van der Waals surface area contributed by atoms with Crippen LogP contribution in [0, 0.1) is 11.8 Å². The van der Waals surface area contributed by atoms with E-state index in [0.29, 0.717) is 12.0 Å². The van der Waals surface area contributed by atoms with Gasteiger partial charge in [-0.1, -0.05) is 13.8 Å². The van der Waals surface area contributed by atoms with E-state index in [2.05, 4.69) is 25.8 Å². The zero-order valence-electron chi connectivity index (χ0n) is 9.47. The first-order valence-corrected chi connectivity index (χ1v) is 5.21. The van der Waals surface area contributed by atoms with Crippen LogP contribution in [0.25, 0.3) is 0 Å². The molecule has 0 aromatic rings. The van der Waals surface area contributed by atoms with Gasteiger partial charge in [-0.15, -0.1) is 0 Å². The second-order valence-corrected chi connectivity index (χ2v) is 5.25. The van der Waals surface area contributed by atoms with Gasteiger partial charge < -0.3 is 4.90 Å². The highest BCUT2D eigenvalue weighted by Gasteiger charge is 2.39. The molecule has 0 N–H and O–H groups in total. The van der Waals surface area contributed by atoms with Crippen molar-refractivity contribution < 1.29 is 4.39 Å². The lowest BCUT2D eigenvalue weighted by Gasteiger charge is -2.22. The highest BCUT2D eigenvalue weighted by atomic mass is 19.1. The number of nitrogens with zero attached hydrogens (tertiary/aromatic N) is 1. The van der Waals surface area contributed by atoms with Crippen molar-refractivity contribution in [3.63, 3.8) is 0 Å². The summed E-state index contributed by atoms with van der Waals surface area (Å²) in [5.74, 6) is 0.849. The highest BCUT2D eigenvalue weighted by Crippen LogP contribution is 2.35. The summed E-state index contributed by atoms with van der Waals surface area (Å²) in [5, 5.41) is 0. The van der Waals surface area contributed by atoms with Gasteiger partial charge in [0.15, 0.2) is 0 Å². The minimum atomic E-state index is -1.02. The number of rotatable bonds is 2. The SMILES string of the molecule is CC(C)C1C[C@H](C(C)(C)F)CN1C. The maximum Gasteiger partial charge on any atom is 0.109 e. The van der Waals surface area contributed by atoms with Crippen LogP contribution >= 0.6 is 0 Å². The van der Waals surface area contributed by atoms with E-state index < -0.39 is 5.67 Å². The summed E-state index contributed by atoms with van der Waals surface area (Å²) in [6.07, 6.45) is 1.01. The molecule has 0 spiro atoms. The molecule has 78 valence electrons. The normalized spacial score (nSPS) is 31.6. The Morgan fingerprint density at radius 1 is 1.38 bits per heavy atom. The van der Waals surface area contributed by atoms with Crippen molar-refractivity contribution >= 4 is 0 Å². The number of alkyl halides is 1. The fourth-order valence-corrected chi connectivity index (χ4v) is 2.31. The van der Waals surface area contributed by atoms with Gasteiger partial charge in [-0.05, 0) is 33.2 Å². The first kappa shape index (κ1) is 11.0. The lowest BCUT2D eigenvalue weighted by atomic mass is 9.88. The summed E-state index contributed by atoms with van der Waals surface area (Å²) < 4.78 is 13.7. The Kier molecular flexibility index (Phi) is 3.01. The van der Waals surface area contributed by atoms with Gasteiger partial charge in [0.05, 0.1) is 0 Å². The quantitative estimate of drug-likeness (QED) is 0.642. The average Bonchev–Trinajstić information content (AvgIpc) is 2.29. The molecule has 0 aromatic carbocycles. The Hall–Kier alpha value is -0.110. The molecule has 0 radical (unpaired) electrons. The van der Waals surface area contributed by atoms with Gasteiger partial charge in [-0.2, -0.15) is 0 Å². The predicted molar refractivity (Wildman–Crippen MR) is 54.6 cm³/mol. The van der Waals surface area contributed by atoms with Gasteiger partial charge in [0, 0.05) is 18.5 Å². The van der Waals surface area contributed by atoms with Crippen LogP contribution in [-0.4, -0.2) is 30.2 Å². The average molecular weight is 187 g/mol. The van der Waals surface area contributed by atoms with E-state index in [1.165, 1.54) is 0 Å². The summed E-state index contributed by atoms with van der Waals surface area (Å²) in [5.41, 5.74) is -1.02. The third-order valence-corrected chi connectivity index (χ3v) is 3.34. The Labute approximate surface area is 81.3 Å². The van der Waals surface area contributed by atoms with Crippen LogP contribution in [0.5, 0.6) is 0 Å². The third-order valence-electron chi connectivity index (χ3n) is 3.34. The number of halogens is 1. The topological polar surface area (TPSA) is 3.24 Å². The second-order valence-electron chi connectivity index (χ2n) is 5.25. The molecule has 1 rings (SSSR count). The largest absolute Gasteiger partial charge is 0.303 e. The van der Waals surface area contributed by atoms with Crippen LogP contribution in [-0.2, 0) is 0 Å². The van der Waals surface area contributed by atoms with Crippen molar-refractivity contribution in [2.45, 2.75) is 45.8 Å². The second kappa shape index (κ2) is 3.56. The first-order chi connectivity index (χ1) is 5.82. The van der Waals surface area contributed by atoms with Gasteiger partial charge in [-0.25, -0.2) is 4.39 Å². The molecule has 1 fully saturated rings. The molecule has 0 saturated carbocycles. The molecule has 0 aromatic heterocycles. The van der Waals surface area contributed by atoms with Crippen LogP contribution < -0.4 is 0 Å². The fraction of sp³-hybridized carbons (Fsp3) is 1.00. The van der Waals surface area contributed by atoms with E-state index in [-0.39, 0.29) is 5.92 Å². The molecular formula is C11H22FN. The first-order valence-electron chi connectivity index (χ1n) is 5.21. The van der Waals surface area contributed by atoms with E-state index in [0.717, 1.165) is 13.0 Å². The molecule has 1 aliphatic heterocycles. The van der Waals surface area contributed by atoms with Gasteiger partial charge in [0.25, 0.3) is 0 Å². The zero-order chi connectivity index (χ0) is 10.2. The number of hydrogen-bond donors (Lipinski definition) is 0. The summed E-state index contributed by atoms with van der Waals surface area (Å²) in [6.45, 7) is 8.75. The van der Waals surface area contributed by atoms with Crippen LogP contribution in [0.1, 0.15) is 34.1 Å². The van der Waals surface area contributed by atoms with Gasteiger partial charge >= 0.3 is 0 Å². The maximum atomic E-state index is 13.7. The Morgan fingerprint density at radius 2 is 1.92 bits per heavy atom. The molecule has 1 unspecified atom stereocenters. The van der Waals surface area contributed by atoms with Crippen LogP contribution in [0.3, 0.4) is 0 Å². The van der Waals surface area contributed by atoms with Gasteiger partial charge in [0.1, 0.15) is 5.67 Å². The molecule has 2 heteroatoms. The molecule has 1 heterocycles. The van der Waals surface area contributed by atoms with E-state index in [1.54, 1.807) is 13.8 Å². The fourth-order valence-electron chi connectivity index (χ4n) is 2.31. The molecule has 1 aliphatic rings. The molecule has 2 atom stereocenters. The number of likely N-dealkylation sites (tertiary alicyclic amines) is 1. The van der Waals surface area contributed by atoms with Crippen LogP contribution in [0.15, 0.2) is 0 Å². The molecule has 0 amide bonds. The van der Waals surface area contributed by atoms with Crippen LogP contribution in [0.4, 0.5) is 4.39 Å². The summed E-state index contributed by atoms with van der Waals surface area (Å²) in [4.78, 5) is 2.30. The van der Waals surface area contributed by atoms with Gasteiger partial charge in [-0.3, -0.25) is 0 Å². The van der Waals surface area contributed by atoms with Crippen molar-refractivity contribution in [2.75, 3.05) is 13.6 Å². The highest BCUT2D eigenvalue weighted by molar-refractivity contribution is 4.92. The van der Waals surface area contributed by atoms with E-state index >= 15 is 0 Å². The van der Waals surface area contributed by atoms with E-state index in [1.807, 2.05) is 0 Å². The zero-order valence-corrected chi connectivity index (χ0v) is 9.47. The molecule has 1 nitrogen and oxygen atoms in total. The Bertz CT molecular complexity index is 171. The standard InChI is InChI=1S/C11H22FN/c1-8(2)10-6-9(7-13(10)5)11(3,4)12/h8-10H,6-7H2,1-5H3/t9-,10?/m0/s1. The molecule has 0 aliphatic carbocycles. The smallest absolute Gasteiger partial charge is 0.109 e. The lowest BCUT2D eigenvalue weighted by Crippen LogP contribution is -2.30. The summed E-state index contributed by atoms with van der Waals surface area (Å²) in [7, 11) is 2.11. The minimum Gasteiger partial charge on any atom is -0.303 e. The molecule has 13 heavy (non-hydrogen) atoms. The summed E-state index contributed by atoms with van der Waals surface area (Å²) in [6, 6.07) is 0.569. The Morgan fingerprint density at radius 3 is 2.15 bits per heavy atom. The molecule has 1 saturated heterocycles. The molecular weight excluding hydrogens is 165 g/mol. The lowest BCUT2D eigenvalue weighted by molar-refractivity contribution is 0.129. The molecule has 0 bridgehead atoms. The van der Waals surface area contributed by atoms with Crippen molar-refractivity contribution in [3.8, 4) is 0 Å². The van der Waals surface area contributed by atoms with E-state index in [9.17, 15) is 4.39 Å². The Balaban J connectivity index is 2.60. The van der Waals surface area contributed by atoms with Crippen molar-refractivity contribution in [3.05, 3.63) is 0 Å². The number of hydrogen-bond acceptors (Lipinski definition) is 1. The van der Waals surface area contributed by atoms with Crippen molar-refractivity contribution in [2.24, 2.45) is 11.8 Å². The van der Waals surface area contributed by atoms with Gasteiger partial charge in [0.2, 0.25) is 0 Å². The predicted octanol–water partition coefficient (Wildman–Crippen LogP) is 2.71. The van der Waals surface area contributed by atoms with Crippen molar-refractivity contribution in [1.29, 1.82) is 0 Å². The third kappa shape index (κ3) is 2.43. The van der Waals surface area contributed by atoms with Crippen LogP contribution in [0.2, 0.25) is 0 Å². The minimum absolute atomic E-state index is 0.213. The van der Waals surface area contributed by atoms with E-state index in [4.69, 9.17) is 0 Å². The monoisotopic (exact) mass is 187 g/mol. The summed E-state index contributed by atoms with van der Waals surface area (Å²) >= 11 is 0. The maximum absolute atomic E-state index is 13.7.